The summed E-state index contributed by atoms with van der Waals surface area (Å²) >= 11 is 5.82. The number of oxime groups is 1. The zero-order valence-electron chi connectivity index (χ0n) is 12.6. The average molecular weight is 337 g/mol. The van der Waals surface area contributed by atoms with Crippen LogP contribution in [0.2, 0.25) is 5.02 Å². The van der Waals surface area contributed by atoms with Gasteiger partial charge in [-0.15, -0.1) is 0 Å². The molecular weight excluding hydrogens is 324 g/mol. The van der Waals surface area contributed by atoms with Gasteiger partial charge in [0.05, 0.1) is 5.56 Å². The summed E-state index contributed by atoms with van der Waals surface area (Å²) in [5.41, 5.74) is 2.58. The van der Waals surface area contributed by atoms with E-state index in [2.05, 4.69) is 10.1 Å². The monoisotopic (exact) mass is 336 g/mol. The molecule has 3 aromatic rings. The minimum absolute atomic E-state index is 0.380. The molecule has 0 radical (unpaired) electrons. The molecule has 0 amide bonds. The Morgan fingerprint density at radius 2 is 1.46 bits per heavy atom. The van der Waals surface area contributed by atoms with Crippen molar-refractivity contribution in [2.24, 2.45) is 5.16 Å². The maximum absolute atomic E-state index is 12.1. The first kappa shape index (κ1) is 15.9. The lowest BCUT2D eigenvalue weighted by Gasteiger charge is -2.06. The van der Waals surface area contributed by atoms with Crippen molar-refractivity contribution >= 4 is 23.3 Å². The number of aromatic nitrogens is 1. The van der Waals surface area contributed by atoms with E-state index in [0.717, 1.165) is 11.1 Å². The van der Waals surface area contributed by atoms with Crippen LogP contribution in [0.15, 0.2) is 84.3 Å². The van der Waals surface area contributed by atoms with Gasteiger partial charge in [0.15, 0.2) is 0 Å². The molecule has 0 saturated carbocycles. The van der Waals surface area contributed by atoms with E-state index in [-0.39, 0.29) is 0 Å². The number of carbonyl (C=O) groups is 1. The van der Waals surface area contributed by atoms with Crippen molar-refractivity contribution in [3.63, 3.8) is 0 Å². The predicted octanol–water partition coefficient (Wildman–Crippen LogP) is 4.34. The van der Waals surface area contributed by atoms with Gasteiger partial charge < -0.3 is 4.84 Å². The Morgan fingerprint density at radius 3 is 2.12 bits per heavy atom. The largest absolute Gasteiger partial charge is 0.365 e. The first-order chi connectivity index (χ1) is 11.7. The lowest BCUT2D eigenvalue weighted by Crippen LogP contribution is -2.08. The van der Waals surface area contributed by atoms with Crippen molar-refractivity contribution in [3.8, 4) is 0 Å². The van der Waals surface area contributed by atoms with Crippen molar-refractivity contribution in [1.29, 1.82) is 0 Å². The Balaban J connectivity index is 1.90. The van der Waals surface area contributed by atoms with E-state index >= 15 is 0 Å². The van der Waals surface area contributed by atoms with Crippen molar-refractivity contribution in [2.75, 3.05) is 0 Å². The van der Waals surface area contributed by atoms with Gasteiger partial charge in [0.25, 0.3) is 0 Å². The number of hydrogen-bond acceptors (Lipinski definition) is 4. The summed E-state index contributed by atoms with van der Waals surface area (Å²) < 4.78 is 0. The van der Waals surface area contributed by atoms with Crippen molar-refractivity contribution < 1.29 is 9.63 Å². The Kier molecular flexibility index (Phi) is 4.99. The number of nitrogens with zero attached hydrogens (tertiary/aromatic N) is 2. The summed E-state index contributed by atoms with van der Waals surface area (Å²) in [6, 6.07) is 19.6. The van der Waals surface area contributed by atoms with Gasteiger partial charge in [-0.3, -0.25) is 4.98 Å². The van der Waals surface area contributed by atoms with Crippen LogP contribution in [0.1, 0.15) is 21.5 Å². The molecule has 0 aliphatic heterocycles. The van der Waals surface area contributed by atoms with Gasteiger partial charge in [-0.05, 0) is 36.4 Å². The second kappa shape index (κ2) is 7.53. The van der Waals surface area contributed by atoms with Gasteiger partial charge in [-0.25, -0.2) is 4.79 Å². The molecule has 0 aliphatic rings. The van der Waals surface area contributed by atoms with Crippen molar-refractivity contribution in [3.05, 3.63) is 101 Å². The van der Waals surface area contributed by atoms with E-state index in [0.29, 0.717) is 16.3 Å². The molecule has 0 atom stereocenters. The summed E-state index contributed by atoms with van der Waals surface area (Å²) in [5, 5.41) is 4.62. The van der Waals surface area contributed by atoms with E-state index in [1.165, 1.54) is 0 Å². The fourth-order valence-electron chi connectivity index (χ4n) is 2.10. The third kappa shape index (κ3) is 3.86. The summed E-state index contributed by atoms with van der Waals surface area (Å²) in [4.78, 5) is 21.3. The highest BCUT2D eigenvalue weighted by atomic mass is 35.5. The second-order valence-electron chi connectivity index (χ2n) is 4.93. The Labute approximate surface area is 144 Å². The van der Waals surface area contributed by atoms with Gasteiger partial charge in [-0.1, -0.05) is 47.1 Å². The normalized spacial score (nSPS) is 11.1. The molecule has 0 aliphatic carbocycles. The van der Waals surface area contributed by atoms with Gasteiger partial charge in [0.2, 0.25) is 0 Å². The van der Waals surface area contributed by atoms with Crippen molar-refractivity contribution in [1.82, 2.24) is 4.98 Å². The zero-order chi connectivity index (χ0) is 16.8. The van der Waals surface area contributed by atoms with Gasteiger partial charge in [0.1, 0.15) is 5.71 Å². The third-order valence-corrected chi connectivity index (χ3v) is 3.55. The molecule has 0 saturated heterocycles. The van der Waals surface area contributed by atoms with E-state index < -0.39 is 5.97 Å². The maximum Gasteiger partial charge on any atom is 0.365 e. The van der Waals surface area contributed by atoms with Crippen LogP contribution in [0.4, 0.5) is 0 Å². The van der Waals surface area contributed by atoms with Crippen LogP contribution in [-0.4, -0.2) is 16.7 Å². The van der Waals surface area contributed by atoms with E-state index in [4.69, 9.17) is 16.4 Å². The molecule has 4 nitrogen and oxygen atoms in total. The van der Waals surface area contributed by atoms with Gasteiger partial charge in [-0.2, -0.15) is 0 Å². The molecule has 5 heteroatoms. The smallest absolute Gasteiger partial charge is 0.312 e. The number of rotatable bonds is 4. The zero-order valence-corrected chi connectivity index (χ0v) is 13.4. The molecule has 2 aromatic carbocycles. The Bertz CT molecular complexity index is 806. The molecule has 0 spiro atoms. The molecule has 3 rings (SSSR count). The minimum Gasteiger partial charge on any atom is -0.312 e. The van der Waals surface area contributed by atoms with Crippen LogP contribution >= 0.6 is 11.6 Å². The highest BCUT2D eigenvalue weighted by molar-refractivity contribution is 6.30. The fraction of sp³-hybridized carbons (Fsp3) is 0. The van der Waals surface area contributed by atoms with Crippen LogP contribution in [0, 0.1) is 0 Å². The standard InChI is InChI=1S/C19H13ClN2O2/c20-17-8-6-16(7-9-17)19(23)24-22-18(14-4-2-1-3-5-14)15-10-12-21-13-11-15/h1-13H/b22-18+. The first-order valence-electron chi connectivity index (χ1n) is 7.25. The molecule has 0 fully saturated rings. The van der Waals surface area contributed by atoms with Crippen LogP contribution < -0.4 is 0 Å². The van der Waals surface area contributed by atoms with E-state index in [1.807, 2.05) is 42.5 Å². The molecule has 0 unspecified atom stereocenters. The second-order valence-corrected chi connectivity index (χ2v) is 5.36. The predicted molar refractivity (Wildman–Crippen MR) is 93.2 cm³/mol. The molecule has 1 aromatic heterocycles. The number of hydrogen-bond donors (Lipinski definition) is 0. The SMILES string of the molecule is O=C(O/N=C(\c1ccccc1)c1ccncc1)c1ccc(Cl)cc1. The summed E-state index contributed by atoms with van der Waals surface area (Å²) in [5.74, 6) is -0.547. The number of halogens is 1. The highest BCUT2D eigenvalue weighted by Gasteiger charge is 2.11. The lowest BCUT2D eigenvalue weighted by molar-refractivity contribution is 0.0517. The topological polar surface area (TPSA) is 51.5 Å². The molecule has 0 N–H and O–H groups in total. The number of pyridine rings is 1. The van der Waals surface area contributed by atoms with E-state index in [1.54, 1.807) is 36.7 Å². The summed E-state index contributed by atoms with van der Waals surface area (Å²) in [6.45, 7) is 0. The first-order valence-corrected chi connectivity index (χ1v) is 7.62. The minimum atomic E-state index is -0.547. The van der Waals surface area contributed by atoms with Crippen LogP contribution in [0.3, 0.4) is 0 Å². The van der Waals surface area contributed by atoms with Gasteiger partial charge >= 0.3 is 5.97 Å². The maximum atomic E-state index is 12.1. The summed E-state index contributed by atoms with van der Waals surface area (Å²) in [7, 11) is 0. The van der Waals surface area contributed by atoms with Crippen LogP contribution in [0.25, 0.3) is 0 Å². The van der Waals surface area contributed by atoms with Crippen LogP contribution in [-0.2, 0) is 4.84 Å². The molecular formula is C19H13ClN2O2. The third-order valence-electron chi connectivity index (χ3n) is 3.30. The molecule has 0 bridgehead atoms. The van der Waals surface area contributed by atoms with Gasteiger partial charge in [0, 0.05) is 28.5 Å². The molecule has 24 heavy (non-hydrogen) atoms. The van der Waals surface area contributed by atoms with Crippen LogP contribution in [0.5, 0.6) is 0 Å². The van der Waals surface area contributed by atoms with E-state index in [9.17, 15) is 4.79 Å². The van der Waals surface area contributed by atoms with Crippen molar-refractivity contribution in [2.45, 2.75) is 0 Å². The average Bonchev–Trinajstić information content (AvgIpc) is 2.64. The molecule has 1 heterocycles. The summed E-state index contributed by atoms with van der Waals surface area (Å²) in [6.07, 6.45) is 3.32. The Hall–Kier alpha value is -2.98. The number of benzene rings is 2. The lowest BCUT2D eigenvalue weighted by atomic mass is 10.0. The Morgan fingerprint density at radius 1 is 0.833 bits per heavy atom. The highest BCUT2D eigenvalue weighted by Crippen LogP contribution is 2.13. The number of carbonyl (C=O) groups excluding carboxylic acids is 1. The molecule has 118 valence electrons. The fourth-order valence-corrected chi connectivity index (χ4v) is 2.23. The quantitative estimate of drug-likeness (QED) is 0.404.